The molecule has 0 aromatic heterocycles. The number of hydrogen-bond donors (Lipinski definition) is 0. The Morgan fingerprint density at radius 3 is 2.74 bits per heavy atom. The summed E-state index contributed by atoms with van der Waals surface area (Å²) in [6.07, 6.45) is 0. The Morgan fingerprint density at radius 1 is 1.42 bits per heavy atom. The van der Waals surface area contributed by atoms with Crippen LogP contribution in [0.25, 0.3) is 0 Å². The van der Waals surface area contributed by atoms with Crippen LogP contribution in [0.2, 0.25) is 0 Å². The average molecular weight is 264 g/mol. The summed E-state index contributed by atoms with van der Waals surface area (Å²) in [6, 6.07) is 4.73. The van der Waals surface area contributed by atoms with E-state index in [1.807, 2.05) is 4.90 Å². The van der Waals surface area contributed by atoms with Crippen LogP contribution >= 0.6 is 0 Å². The van der Waals surface area contributed by atoms with E-state index in [0.717, 1.165) is 26.2 Å². The molecule has 0 spiro atoms. The molecule has 1 heterocycles. The Hall–Kier alpha value is -1.42. The van der Waals surface area contributed by atoms with Crippen molar-refractivity contribution >= 4 is 5.91 Å². The van der Waals surface area contributed by atoms with Crippen molar-refractivity contribution in [3.63, 3.8) is 0 Å². The molecule has 1 atom stereocenters. The number of halogens is 1. The van der Waals surface area contributed by atoms with Gasteiger partial charge in [0.05, 0.1) is 0 Å². The van der Waals surface area contributed by atoms with Crippen molar-refractivity contribution in [1.29, 1.82) is 0 Å². The second kappa shape index (κ2) is 5.70. The van der Waals surface area contributed by atoms with Gasteiger partial charge in [-0.2, -0.15) is 0 Å². The molecule has 4 heteroatoms. The van der Waals surface area contributed by atoms with E-state index in [9.17, 15) is 9.18 Å². The zero-order chi connectivity index (χ0) is 14.0. The van der Waals surface area contributed by atoms with Gasteiger partial charge in [-0.3, -0.25) is 9.69 Å². The van der Waals surface area contributed by atoms with Crippen LogP contribution in [-0.2, 0) is 0 Å². The Morgan fingerprint density at radius 2 is 2.16 bits per heavy atom. The van der Waals surface area contributed by atoms with Crippen molar-refractivity contribution in [2.75, 3.05) is 26.2 Å². The molecule has 0 saturated carbocycles. The minimum atomic E-state index is -0.293. The first kappa shape index (κ1) is 14.0. The number of hydrogen-bond acceptors (Lipinski definition) is 2. The van der Waals surface area contributed by atoms with Crippen LogP contribution in [0.4, 0.5) is 4.39 Å². The van der Waals surface area contributed by atoms with Gasteiger partial charge in [0.15, 0.2) is 0 Å². The van der Waals surface area contributed by atoms with Crippen LogP contribution in [0.15, 0.2) is 18.2 Å². The average Bonchev–Trinajstić information content (AvgIpc) is 2.38. The number of piperazine rings is 1. The molecule has 3 nitrogen and oxygen atoms in total. The lowest BCUT2D eigenvalue weighted by Crippen LogP contribution is -2.53. The van der Waals surface area contributed by atoms with Gasteiger partial charge < -0.3 is 4.90 Å². The Balaban J connectivity index is 2.12. The number of carbonyl (C=O) groups excluding carboxylic acids is 1. The summed E-state index contributed by atoms with van der Waals surface area (Å²) >= 11 is 0. The van der Waals surface area contributed by atoms with Crippen LogP contribution < -0.4 is 0 Å². The summed E-state index contributed by atoms with van der Waals surface area (Å²) in [4.78, 5) is 16.7. The molecule has 0 aliphatic carbocycles. The number of benzene rings is 1. The van der Waals surface area contributed by atoms with E-state index in [1.165, 1.54) is 12.1 Å². The molecule has 0 radical (unpaired) electrons. The maximum atomic E-state index is 13.1. The van der Waals surface area contributed by atoms with Crippen molar-refractivity contribution < 1.29 is 9.18 Å². The summed E-state index contributed by atoms with van der Waals surface area (Å²) in [7, 11) is 0. The van der Waals surface area contributed by atoms with Gasteiger partial charge in [-0.1, -0.05) is 6.92 Å². The fourth-order valence-electron chi connectivity index (χ4n) is 2.69. The number of likely N-dealkylation sites (N-methyl/N-ethyl adjacent to an activating group) is 1. The van der Waals surface area contributed by atoms with Gasteiger partial charge >= 0.3 is 0 Å². The van der Waals surface area contributed by atoms with E-state index >= 15 is 0 Å². The van der Waals surface area contributed by atoms with Gasteiger partial charge in [0, 0.05) is 31.2 Å². The molecule has 1 aromatic rings. The van der Waals surface area contributed by atoms with Crippen molar-refractivity contribution in [2.24, 2.45) is 0 Å². The first-order valence-electron chi connectivity index (χ1n) is 6.82. The topological polar surface area (TPSA) is 23.6 Å². The number of nitrogens with zero attached hydrogens (tertiary/aromatic N) is 2. The van der Waals surface area contributed by atoms with Gasteiger partial charge in [-0.25, -0.2) is 4.39 Å². The van der Waals surface area contributed by atoms with E-state index in [1.54, 1.807) is 13.0 Å². The third-order valence-electron chi connectivity index (χ3n) is 3.88. The molecular formula is C15H21FN2O. The van der Waals surface area contributed by atoms with Gasteiger partial charge in [-0.05, 0) is 44.2 Å². The van der Waals surface area contributed by atoms with Gasteiger partial charge in [-0.15, -0.1) is 0 Å². The van der Waals surface area contributed by atoms with Crippen LogP contribution in [0.5, 0.6) is 0 Å². The molecule has 1 aromatic carbocycles. The van der Waals surface area contributed by atoms with Gasteiger partial charge in [0.25, 0.3) is 5.91 Å². The van der Waals surface area contributed by atoms with E-state index < -0.39 is 0 Å². The normalized spacial score (nSPS) is 20.6. The van der Waals surface area contributed by atoms with Crippen molar-refractivity contribution in [3.05, 3.63) is 35.1 Å². The summed E-state index contributed by atoms with van der Waals surface area (Å²) in [5.74, 6) is -0.279. The molecule has 19 heavy (non-hydrogen) atoms. The highest BCUT2D eigenvalue weighted by Crippen LogP contribution is 2.16. The Bertz CT molecular complexity index is 475. The molecular weight excluding hydrogens is 243 g/mol. The lowest BCUT2D eigenvalue weighted by atomic mass is 10.1. The molecule has 1 fully saturated rings. The van der Waals surface area contributed by atoms with Crippen LogP contribution in [0, 0.1) is 12.7 Å². The van der Waals surface area contributed by atoms with Crippen LogP contribution in [-0.4, -0.2) is 47.9 Å². The smallest absolute Gasteiger partial charge is 0.254 e. The van der Waals surface area contributed by atoms with Crippen LogP contribution in [0.1, 0.15) is 29.8 Å². The number of amides is 1. The fourth-order valence-corrected chi connectivity index (χ4v) is 2.69. The molecule has 1 unspecified atom stereocenters. The molecule has 104 valence electrons. The van der Waals surface area contributed by atoms with E-state index in [4.69, 9.17) is 0 Å². The molecule has 1 amide bonds. The summed E-state index contributed by atoms with van der Waals surface area (Å²) < 4.78 is 13.1. The second-order valence-corrected chi connectivity index (χ2v) is 5.19. The molecule has 0 bridgehead atoms. The quantitative estimate of drug-likeness (QED) is 0.818. The van der Waals surface area contributed by atoms with E-state index in [-0.39, 0.29) is 11.7 Å². The predicted molar refractivity (Wildman–Crippen MR) is 73.7 cm³/mol. The minimum Gasteiger partial charge on any atom is -0.336 e. The fraction of sp³-hybridized carbons (Fsp3) is 0.533. The SMILES string of the molecule is CCN1CCN(C(=O)c2ccc(F)cc2C)CC1C. The lowest BCUT2D eigenvalue weighted by molar-refractivity contribution is 0.0527. The second-order valence-electron chi connectivity index (χ2n) is 5.19. The molecule has 1 saturated heterocycles. The monoisotopic (exact) mass is 264 g/mol. The number of carbonyl (C=O) groups is 1. The molecule has 0 N–H and O–H groups in total. The van der Waals surface area contributed by atoms with Crippen molar-refractivity contribution in [1.82, 2.24) is 9.80 Å². The summed E-state index contributed by atoms with van der Waals surface area (Å²) in [5.41, 5.74) is 1.31. The summed E-state index contributed by atoms with van der Waals surface area (Å²) in [5, 5.41) is 0. The minimum absolute atomic E-state index is 0.0140. The zero-order valence-corrected chi connectivity index (χ0v) is 11.8. The highest BCUT2D eigenvalue weighted by molar-refractivity contribution is 5.95. The third kappa shape index (κ3) is 2.95. The van der Waals surface area contributed by atoms with Crippen molar-refractivity contribution in [3.8, 4) is 0 Å². The zero-order valence-electron chi connectivity index (χ0n) is 11.8. The maximum Gasteiger partial charge on any atom is 0.254 e. The van der Waals surface area contributed by atoms with Gasteiger partial charge in [0.1, 0.15) is 5.82 Å². The third-order valence-corrected chi connectivity index (χ3v) is 3.88. The first-order chi connectivity index (χ1) is 9.02. The highest BCUT2D eigenvalue weighted by Gasteiger charge is 2.26. The maximum absolute atomic E-state index is 13.1. The summed E-state index contributed by atoms with van der Waals surface area (Å²) in [6.45, 7) is 9.46. The molecule has 2 rings (SSSR count). The Kier molecular flexibility index (Phi) is 4.20. The molecule has 1 aliphatic heterocycles. The number of rotatable bonds is 2. The Labute approximate surface area is 114 Å². The van der Waals surface area contributed by atoms with E-state index in [0.29, 0.717) is 17.2 Å². The van der Waals surface area contributed by atoms with Crippen LogP contribution in [0.3, 0.4) is 0 Å². The largest absolute Gasteiger partial charge is 0.336 e. The highest BCUT2D eigenvalue weighted by atomic mass is 19.1. The van der Waals surface area contributed by atoms with E-state index in [2.05, 4.69) is 18.7 Å². The predicted octanol–water partition coefficient (Wildman–Crippen LogP) is 2.30. The first-order valence-corrected chi connectivity index (χ1v) is 6.82. The van der Waals surface area contributed by atoms with Crippen molar-refractivity contribution in [2.45, 2.75) is 26.8 Å². The number of aryl methyl sites for hydroxylation is 1. The van der Waals surface area contributed by atoms with Gasteiger partial charge in [0.2, 0.25) is 0 Å². The lowest BCUT2D eigenvalue weighted by Gasteiger charge is -2.39. The molecule has 1 aliphatic rings. The standard InChI is InChI=1S/C15H21FN2O/c1-4-17-7-8-18(10-12(17)3)15(19)14-6-5-13(16)9-11(14)2/h5-6,9,12H,4,7-8,10H2,1-3H3.